The molecule has 1 fully saturated rings. The van der Waals surface area contributed by atoms with Crippen LogP contribution < -0.4 is 15.5 Å². The highest BCUT2D eigenvalue weighted by Gasteiger charge is 2.15. The van der Waals surface area contributed by atoms with Crippen LogP contribution in [0.1, 0.15) is 37.8 Å². The van der Waals surface area contributed by atoms with Crippen molar-refractivity contribution in [3.05, 3.63) is 29.3 Å². The normalized spacial score (nSPS) is 16.4. The molecule has 0 spiro atoms. The van der Waals surface area contributed by atoms with Gasteiger partial charge in [0, 0.05) is 25.3 Å². The summed E-state index contributed by atoms with van der Waals surface area (Å²) >= 11 is 5.26. The Kier molecular flexibility index (Phi) is 8.28. The van der Waals surface area contributed by atoms with Crippen LogP contribution in [0, 0.1) is 0 Å². The van der Waals surface area contributed by atoms with Gasteiger partial charge in [0.05, 0.1) is 19.4 Å². The van der Waals surface area contributed by atoms with E-state index in [1.165, 1.54) is 18.4 Å². The minimum atomic E-state index is 0.128. The van der Waals surface area contributed by atoms with Crippen molar-refractivity contribution in [2.24, 2.45) is 5.10 Å². The number of hydrogen-bond acceptors (Lipinski definition) is 5. The first-order valence-corrected chi connectivity index (χ1v) is 9.43. The standard InChI is InChI=1S/C19H30N4O2S/c1-14(13-24-3)20-19(26)22-21-15(2)16-7-8-18(25-4)17(11-16)12-23-9-5-6-10-23/h7-8,11,14H,5-6,9-10,12-13H2,1-4H3,(H2,20,22,26)/b21-15-/t14-/m1/s1. The minimum absolute atomic E-state index is 0.128. The van der Waals surface area contributed by atoms with Crippen LogP contribution in [0.4, 0.5) is 0 Å². The number of likely N-dealkylation sites (tertiary alicyclic amines) is 1. The molecule has 0 saturated carbocycles. The van der Waals surface area contributed by atoms with E-state index in [2.05, 4.69) is 26.8 Å². The highest BCUT2D eigenvalue weighted by molar-refractivity contribution is 7.80. The number of nitrogens with one attached hydrogen (secondary N) is 2. The first-order chi connectivity index (χ1) is 12.5. The number of hydrazone groups is 1. The summed E-state index contributed by atoms with van der Waals surface area (Å²) in [6, 6.07) is 6.32. The van der Waals surface area contributed by atoms with Crippen LogP contribution in [0.15, 0.2) is 23.3 Å². The molecule has 1 heterocycles. The summed E-state index contributed by atoms with van der Waals surface area (Å²) in [7, 11) is 3.39. The third-order valence-electron chi connectivity index (χ3n) is 4.41. The molecule has 0 aliphatic carbocycles. The number of benzene rings is 1. The predicted molar refractivity (Wildman–Crippen MR) is 110 cm³/mol. The molecule has 1 aliphatic rings. The van der Waals surface area contributed by atoms with Gasteiger partial charge in [-0.2, -0.15) is 5.10 Å². The minimum Gasteiger partial charge on any atom is -0.496 e. The second-order valence-electron chi connectivity index (χ2n) is 6.65. The Morgan fingerprint density at radius 2 is 2.04 bits per heavy atom. The highest BCUT2D eigenvalue weighted by atomic mass is 32.1. The number of rotatable bonds is 8. The van der Waals surface area contributed by atoms with Crippen molar-refractivity contribution in [1.82, 2.24) is 15.6 Å². The van der Waals surface area contributed by atoms with Crippen LogP contribution >= 0.6 is 12.2 Å². The van der Waals surface area contributed by atoms with E-state index in [1.54, 1.807) is 14.2 Å². The van der Waals surface area contributed by atoms with Gasteiger partial charge in [0.1, 0.15) is 5.75 Å². The van der Waals surface area contributed by atoms with Crippen LogP contribution in [-0.4, -0.2) is 55.7 Å². The van der Waals surface area contributed by atoms with E-state index >= 15 is 0 Å². The zero-order valence-electron chi connectivity index (χ0n) is 16.2. The van der Waals surface area contributed by atoms with E-state index in [1.807, 2.05) is 26.0 Å². The Hall–Kier alpha value is -1.70. The predicted octanol–water partition coefficient (Wildman–Crippen LogP) is 2.51. The average Bonchev–Trinajstić information content (AvgIpc) is 3.12. The fourth-order valence-electron chi connectivity index (χ4n) is 3.06. The van der Waals surface area contributed by atoms with Crippen LogP contribution in [0.5, 0.6) is 5.75 Å². The van der Waals surface area contributed by atoms with Gasteiger partial charge >= 0.3 is 0 Å². The number of ether oxygens (including phenoxy) is 2. The molecular weight excluding hydrogens is 348 g/mol. The number of methoxy groups -OCH3 is 2. The fourth-order valence-corrected chi connectivity index (χ4v) is 3.30. The van der Waals surface area contributed by atoms with Gasteiger partial charge in [-0.3, -0.25) is 10.3 Å². The van der Waals surface area contributed by atoms with Crippen molar-refractivity contribution >= 4 is 23.0 Å². The summed E-state index contributed by atoms with van der Waals surface area (Å²) in [5.41, 5.74) is 6.02. The van der Waals surface area contributed by atoms with E-state index in [0.717, 1.165) is 36.7 Å². The van der Waals surface area contributed by atoms with Crippen molar-refractivity contribution in [1.29, 1.82) is 0 Å². The number of thiocarbonyl (C=S) groups is 1. The van der Waals surface area contributed by atoms with Crippen LogP contribution in [0.2, 0.25) is 0 Å². The number of nitrogens with zero attached hydrogens (tertiary/aromatic N) is 2. The molecule has 1 aromatic carbocycles. The summed E-state index contributed by atoms with van der Waals surface area (Å²) in [6.45, 7) is 7.77. The Morgan fingerprint density at radius 3 is 2.69 bits per heavy atom. The van der Waals surface area contributed by atoms with E-state index in [0.29, 0.717) is 11.7 Å². The molecule has 0 amide bonds. The van der Waals surface area contributed by atoms with Gasteiger partial charge in [0.15, 0.2) is 5.11 Å². The first-order valence-electron chi connectivity index (χ1n) is 9.03. The van der Waals surface area contributed by atoms with Crippen LogP contribution in [0.3, 0.4) is 0 Å². The summed E-state index contributed by atoms with van der Waals surface area (Å²) in [5, 5.41) is 8.02. The van der Waals surface area contributed by atoms with Crippen molar-refractivity contribution < 1.29 is 9.47 Å². The Bertz CT molecular complexity index is 630. The average molecular weight is 379 g/mol. The van der Waals surface area contributed by atoms with Gasteiger partial charge in [-0.15, -0.1) is 0 Å². The second-order valence-corrected chi connectivity index (χ2v) is 7.06. The summed E-state index contributed by atoms with van der Waals surface area (Å²) in [6.07, 6.45) is 2.55. The lowest BCUT2D eigenvalue weighted by atomic mass is 10.1. The molecule has 1 aliphatic heterocycles. The molecule has 26 heavy (non-hydrogen) atoms. The summed E-state index contributed by atoms with van der Waals surface area (Å²) in [4.78, 5) is 2.46. The molecule has 144 valence electrons. The van der Waals surface area contributed by atoms with Gasteiger partial charge in [0.2, 0.25) is 0 Å². The molecule has 1 aromatic rings. The van der Waals surface area contributed by atoms with Gasteiger partial charge in [0.25, 0.3) is 0 Å². The SMILES string of the molecule is COC[C@@H](C)NC(=S)N/N=C(/C)c1ccc(OC)c(CN2CCCC2)c1. The Labute approximate surface area is 161 Å². The lowest BCUT2D eigenvalue weighted by Gasteiger charge is -2.18. The lowest BCUT2D eigenvalue weighted by molar-refractivity contribution is 0.179. The number of hydrogen-bond donors (Lipinski definition) is 2. The zero-order valence-corrected chi connectivity index (χ0v) is 17.0. The largest absolute Gasteiger partial charge is 0.496 e. The van der Waals surface area contributed by atoms with Gasteiger partial charge in [-0.25, -0.2) is 0 Å². The fraction of sp³-hybridized carbons (Fsp3) is 0.579. The smallest absolute Gasteiger partial charge is 0.187 e. The monoisotopic (exact) mass is 378 g/mol. The molecular formula is C19H30N4O2S. The molecule has 0 radical (unpaired) electrons. The summed E-state index contributed by atoms with van der Waals surface area (Å²) < 4.78 is 10.6. The van der Waals surface area contributed by atoms with Gasteiger partial charge < -0.3 is 14.8 Å². The topological polar surface area (TPSA) is 58.1 Å². The molecule has 0 bridgehead atoms. The van der Waals surface area contributed by atoms with Crippen molar-refractivity contribution in [2.75, 3.05) is 33.9 Å². The molecule has 7 heteroatoms. The van der Waals surface area contributed by atoms with E-state index in [4.69, 9.17) is 21.7 Å². The lowest BCUT2D eigenvalue weighted by Crippen LogP contribution is -2.40. The molecule has 2 rings (SSSR count). The molecule has 1 saturated heterocycles. The van der Waals surface area contributed by atoms with E-state index in [-0.39, 0.29) is 6.04 Å². The highest BCUT2D eigenvalue weighted by Crippen LogP contribution is 2.23. The van der Waals surface area contributed by atoms with Crippen LogP contribution in [-0.2, 0) is 11.3 Å². The Morgan fingerprint density at radius 1 is 1.31 bits per heavy atom. The van der Waals surface area contributed by atoms with E-state index in [9.17, 15) is 0 Å². The molecule has 6 nitrogen and oxygen atoms in total. The second kappa shape index (κ2) is 10.4. The first kappa shape index (κ1) is 20.6. The zero-order chi connectivity index (χ0) is 18.9. The maximum atomic E-state index is 5.53. The van der Waals surface area contributed by atoms with Crippen molar-refractivity contribution in [3.63, 3.8) is 0 Å². The molecule has 0 aromatic heterocycles. The maximum Gasteiger partial charge on any atom is 0.187 e. The van der Waals surface area contributed by atoms with Gasteiger partial charge in [-0.1, -0.05) is 0 Å². The maximum absolute atomic E-state index is 5.53. The quantitative estimate of drug-likeness (QED) is 0.412. The Balaban J connectivity index is 2.02. The molecule has 2 N–H and O–H groups in total. The molecule has 1 atom stereocenters. The molecule has 0 unspecified atom stereocenters. The summed E-state index contributed by atoms with van der Waals surface area (Å²) in [5.74, 6) is 0.923. The third kappa shape index (κ3) is 6.23. The van der Waals surface area contributed by atoms with Crippen molar-refractivity contribution in [2.45, 2.75) is 39.3 Å². The third-order valence-corrected chi connectivity index (χ3v) is 4.62. The van der Waals surface area contributed by atoms with Crippen molar-refractivity contribution in [3.8, 4) is 5.75 Å². The van der Waals surface area contributed by atoms with Gasteiger partial charge in [-0.05, 0) is 75.8 Å². The van der Waals surface area contributed by atoms with E-state index < -0.39 is 0 Å². The van der Waals surface area contributed by atoms with Crippen LogP contribution in [0.25, 0.3) is 0 Å².